The molecule has 0 aromatic heterocycles. The fourth-order valence-corrected chi connectivity index (χ4v) is 4.49. The second kappa shape index (κ2) is 9.68. The van der Waals surface area contributed by atoms with Crippen molar-refractivity contribution in [1.29, 1.82) is 0 Å². The first-order chi connectivity index (χ1) is 16.8. The van der Waals surface area contributed by atoms with Crippen molar-refractivity contribution in [1.82, 2.24) is 0 Å². The maximum Gasteiger partial charge on any atom is 0.119 e. The molecule has 2 nitrogen and oxygen atoms in total. The molecule has 4 aromatic carbocycles. The van der Waals surface area contributed by atoms with Gasteiger partial charge in [0.15, 0.2) is 0 Å². The number of benzene rings is 4. The van der Waals surface area contributed by atoms with E-state index in [-0.39, 0.29) is 0 Å². The fourth-order valence-electron chi connectivity index (χ4n) is 4.49. The Balaban J connectivity index is 1.71. The van der Waals surface area contributed by atoms with Gasteiger partial charge in [-0.3, -0.25) is 0 Å². The minimum absolute atomic E-state index is 0.486. The lowest BCUT2D eigenvalue weighted by Crippen LogP contribution is -1.97. The quantitative estimate of drug-likeness (QED) is 0.228. The molecule has 0 heterocycles. The van der Waals surface area contributed by atoms with Crippen molar-refractivity contribution in [2.24, 2.45) is 0 Å². The van der Waals surface area contributed by atoms with Crippen LogP contribution in [0.3, 0.4) is 0 Å². The fraction of sp³-hybridized carbons (Fsp3) is 0.0625. The highest BCUT2D eigenvalue weighted by Gasteiger charge is 2.26. The van der Waals surface area contributed by atoms with Crippen LogP contribution in [0.2, 0.25) is 0 Å². The molecule has 0 saturated heterocycles. The van der Waals surface area contributed by atoms with Crippen LogP contribution in [0.15, 0.2) is 122 Å². The van der Waals surface area contributed by atoms with Gasteiger partial charge in [0, 0.05) is 0 Å². The topological polar surface area (TPSA) is 18.5 Å². The minimum Gasteiger partial charge on any atom is -0.490 e. The average Bonchev–Trinajstić information content (AvgIpc) is 3.22. The zero-order chi connectivity index (χ0) is 23.3. The van der Waals surface area contributed by atoms with Crippen molar-refractivity contribution in [2.75, 3.05) is 13.2 Å². The standard InChI is InChI=1S/C32H26O2/c1-3-21-33-25-17-13-23(14-18-25)31(24-15-19-26(20-16-24)34-22-4-2)32-29-11-7-5-9-27(29)28-10-6-8-12-30(28)32/h3-20H,1-2,21-22H2. The summed E-state index contributed by atoms with van der Waals surface area (Å²) in [6.45, 7) is 8.44. The third-order valence-corrected chi connectivity index (χ3v) is 5.95. The van der Waals surface area contributed by atoms with E-state index < -0.39 is 0 Å². The van der Waals surface area contributed by atoms with E-state index in [1.165, 1.54) is 33.4 Å². The molecule has 0 aliphatic heterocycles. The van der Waals surface area contributed by atoms with Crippen molar-refractivity contribution < 1.29 is 9.47 Å². The number of ether oxygens (including phenoxy) is 2. The predicted octanol–water partition coefficient (Wildman–Crippen LogP) is 7.80. The van der Waals surface area contributed by atoms with E-state index in [1.54, 1.807) is 12.2 Å². The Morgan fingerprint density at radius 2 is 0.912 bits per heavy atom. The van der Waals surface area contributed by atoms with Crippen molar-refractivity contribution in [3.05, 3.63) is 145 Å². The molecule has 5 rings (SSSR count). The Labute approximate surface area is 201 Å². The molecule has 0 amide bonds. The highest BCUT2D eigenvalue weighted by atomic mass is 16.5. The first-order valence-corrected chi connectivity index (χ1v) is 11.4. The van der Waals surface area contributed by atoms with E-state index >= 15 is 0 Å². The molecule has 4 aromatic rings. The summed E-state index contributed by atoms with van der Waals surface area (Å²) in [5.74, 6) is 1.65. The van der Waals surface area contributed by atoms with Gasteiger partial charge < -0.3 is 9.47 Å². The van der Waals surface area contributed by atoms with Gasteiger partial charge in [0.05, 0.1) is 0 Å². The minimum atomic E-state index is 0.486. The number of hydrogen-bond acceptors (Lipinski definition) is 2. The molecule has 0 fully saturated rings. The Hall–Kier alpha value is -4.30. The van der Waals surface area contributed by atoms with Gasteiger partial charge in [0.25, 0.3) is 0 Å². The van der Waals surface area contributed by atoms with Gasteiger partial charge in [-0.1, -0.05) is 98.1 Å². The van der Waals surface area contributed by atoms with Gasteiger partial charge in [-0.05, 0) is 68.8 Å². The maximum atomic E-state index is 5.73. The van der Waals surface area contributed by atoms with Crippen LogP contribution in [0, 0.1) is 0 Å². The van der Waals surface area contributed by atoms with E-state index in [1.807, 2.05) is 24.3 Å². The molecule has 2 heteroatoms. The van der Waals surface area contributed by atoms with Gasteiger partial charge in [-0.25, -0.2) is 0 Å². The Morgan fingerprint density at radius 3 is 1.29 bits per heavy atom. The van der Waals surface area contributed by atoms with Crippen LogP contribution in [0.5, 0.6) is 11.5 Å². The summed E-state index contributed by atoms with van der Waals surface area (Å²) in [5, 5.41) is 0. The predicted molar refractivity (Wildman–Crippen MR) is 141 cm³/mol. The van der Waals surface area contributed by atoms with Crippen LogP contribution in [0.4, 0.5) is 0 Å². The molecular formula is C32H26O2. The van der Waals surface area contributed by atoms with Crippen LogP contribution >= 0.6 is 0 Å². The first-order valence-electron chi connectivity index (χ1n) is 11.4. The molecule has 0 spiro atoms. The van der Waals surface area contributed by atoms with E-state index in [9.17, 15) is 0 Å². The Kier molecular flexibility index (Phi) is 6.13. The normalized spacial score (nSPS) is 11.4. The SMILES string of the molecule is C=CCOc1ccc(C(=C2c3ccccc3-c3ccccc32)c2ccc(OCC=C)cc2)cc1. The zero-order valence-corrected chi connectivity index (χ0v) is 19.0. The van der Waals surface area contributed by atoms with Crippen LogP contribution in [0.25, 0.3) is 22.3 Å². The van der Waals surface area contributed by atoms with Crippen LogP contribution in [0.1, 0.15) is 22.3 Å². The van der Waals surface area contributed by atoms with E-state index in [0.717, 1.165) is 22.6 Å². The lowest BCUT2D eigenvalue weighted by Gasteiger charge is -2.16. The second-order valence-corrected chi connectivity index (χ2v) is 8.09. The van der Waals surface area contributed by atoms with Gasteiger partial charge in [0.2, 0.25) is 0 Å². The summed E-state index contributed by atoms with van der Waals surface area (Å²) in [7, 11) is 0. The highest BCUT2D eigenvalue weighted by molar-refractivity contribution is 6.13. The summed E-state index contributed by atoms with van der Waals surface area (Å²) in [4.78, 5) is 0. The smallest absolute Gasteiger partial charge is 0.119 e. The molecule has 0 atom stereocenters. The number of hydrogen-bond donors (Lipinski definition) is 0. The summed E-state index contributed by atoms with van der Waals surface area (Å²) in [6.07, 6.45) is 3.51. The third-order valence-electron chi connectivity index (χ3n) is 5.95. The third kappa shape index (κ3) is 4.06. The summed E-state index contributed by atoms with van der Waals surface area (Å²) >= 11 is 0. The zero-order valence-electron chi connectivity index (χ0n) is 19.0. The van der Waals surface area contributed by atoms with Crippen LogP contribution < -0.4 is 9.47 Å². The largest absolute Gasteiger partial charge is 0.490 e. The van der Waals surface area contributed by atoms with Crippen molar-refractivity contribution in [2.45, 2.75) is 0 Å². The van der Waals surface area contributed by atoms with Crippen molar-refractivity contribution in [3.8, 4) is 22.6 Å². The first kappa shape index (κ1) is 21.5. The lowest BCUT2D eigenvalue weighted by molar-refractivity contribution is 0.363. The van der Waals surface area contributed by atoms with Gasteiger partial charge in [-0.2, -0.15) is 0 Å². The summed E-state index contributed by atoms with van der Waals surface area (Å²) in [6, 6.07) is 33.9. The average molecular weight is 443 g/mol. The molecule has 34 heavy (non-hydrogen) atoms. The van der Waals surface area contributed by atoms with Crippen LogP contribution in [-0.2, 0) is 0 Å². The molecule has 0 saturated carbocycles. The maximum absolute atomic E-state index is 5.73. The van der Waals surface area contributed by atoms with Crippen molar-refractivity contribution in [3.63, 3.8) is 0 Å². The molecule has 0 radical (unpaired) electrons. The molecule has 0 bridgehead atoms. The summed E-state index contributed by atoms with van der Waals surface area (Å²) < 4.78 is 11.5. The molecule has 166 valence electrons. The molecule has 1 aliphatic rings. The van der Waals surface area contributed by atoms with Gasteiger partial charge >= 0.3 is 0 Å². The molecule has 1 aliphatic carbocycles. The van der Waals surface area contributed by atoms with Crippen molar-refractivity contribution >= 4 is 11.1 Å². The van der Waals surface area contributed by atoms with Gasteiger partial charge in [-0.15, -0.1) is 0 Å². The lowest BCUT2D eigenvalue weighted by atomic mass is 9.88. The highest BCUT2D eigenvalue weighted by Crippen LogP contribution is 2.48. The molecular weight excluding hydrogens is 416 g/mol. The Morgan fingerprint density at radius 1 is 0.529 bits per heavy atom. The number of rotatable bonds is 8. The Bertz CT molecular complexity index is 1250. The monoisotopic (exact) mass is 442 g/mol. The second-order valence-electron chi connectivity index (χ2n) is 8.09. The van der Waals surface area contributed by atoms with Gasteiger partial charge in [0.1, 0.15) is 24.7 Å². The van der Waals surface area contributed by atoms with E-state index in [2.05, 4.69) is 86.0 Å². The van der Waals surface area contributed by atoms with E-state index in [4.69, 9.17) is 9.47 Å². The molecule has 0 unspecified atom stereocenters. The number of fused-ring (bicyclic) bond motifs is 3. The molecule has 0 N–H and O–H groups in total. The summed E-state index contributed by atoms with van der Waals surface area (Å²) in [5.41, 5.74) is 9.72. The van der Waals surface area contributed by atoms with E-state index in [0.29, 0.717) is 13.2 Å². The van der Waals surface area contributed by atoms with Crippen LogP contribution in [-0.4, -0.2) is 13.2 Å².